The summed E-state index contributed by atoms with van der Waals surface area (Å²) in [5.74, 6) is -0.237. The van der Waals surface area contributed by atoms with Gasteiger partial charge in [0.1, 0.15) is 0 Å². The fourth-order valence-corrected chi connectivity index (χ4v) is 1.24. The van der Waals surface area contributed by atoms with Gasteiger partial charge in [0.2, 0.25) is 0 Å². The van der Waals surface area contributed by atoms with Crippen LogP contribution < -0.4 is 0 Å². The van der Waals surface area contributed by atoms with Crippen molar-refractivity contribution in [1.29, 1.82) is 0 Å². The molecule has 1 aliphatic carbocycles. The summed E-state index contributed by atoms with van der Waals surface area (Å²) in [6, 6.07) is 0. The molecule has 4 heteroatoms. The lowest BCUT2D eigenvalue weighted by molar-refractivity contribution is -0.256. The second kappa shape index (κ2) is 3.64. The van der Waals surface area contributed by atoms with Gasteiger partial charge in [-0.25, -0.2) is 0 Å². The molecule has 1 unspecified atom stereocenters. The molecule has 0 spiro atoms. The molecule has 0 heterocycles. The van der Waals surface area contributed by atoms with Crippen LogP contribution in [0.4, 0.5) is 0 Å². The molecule has 13 heavy (non-hydrogen) atoms. The molecule has 1 fully saturated rings. The van der Waals surface area contributed by atoms with Crippen molar-refractivity contribution in [3.8, 4) is 0 Å². The van der Waals surface area contributed by atoms with E-state index in [9.17, 15) is 4.79 Å². The van der Waals surface area contributed by atoms with E-state index in [0.29, 0.717) is 0 Å². The molecule has 0 bridgehead atoms. The van der Waals surface area contributed by atoms with Crippen LogP contribution in [0.15, 0.2) is 0 Å². The van der Waals surface area contributed by atoms with E-state index in [2.05, 4.69) is 0 Å². The topological polar surface area (TPSA) is 44.8 Å². The summed E-state index contributed by atoms with van der Waals surface area (Å²) in [7, 11) is 2.86. The van der Waals surface area contributed by atoms with Gasteiger partial charge >= 0.3 is 12.4 Å². The van der Waals surface area contributed by atoms with Crippen LogP contribution in [0, 0.1) is 11.3 Å². The minimum Gasteiger partial charge on any atom is -0.410 e. The lowest BCUT2D eigenvalue weighted by Crippen LogP contribution is -2.23. The van der Waals surface area contributed by atoms with E-state index in [1.54, 1.807) is 0 Å². The number of methoxy groups -OCH3 is 2. The quantitative estimate of drug-likeness (QED) is 0.490. The van der Waals surface area contributed by atoms with Crippen LogP contribution in [0.2, 0.25) is 0 Å². The van der Waals surface area contributed by atoms with E-state index in [0.717, 1.165) is 6.42 Å². The highest BCUT2D eigenvalue weighted by Crippen LogP contribution is 2.52. The molecule has 1 atom stereocenters. The first-order chi connectivity index (χ1) is 6.01. The van der Waals surface area contributed by atoms with Crippen molar-refractivity contribution in [3.63, 3.8) is 0 Å². The normalized spacial score (nSPS) is 24.5. The zero-order valence-electron chi connectivity index (χ0n) is 8.49. The number of hydrogen-bond donors (Lipinski definition) is 0. The van der Waals surface area contributed by atoms with Crippen molar-refractivity contribution < 1.29 is 19.0 Å². The van der Waals surface area contributed by atoms with E-state index in [4.69, 9.17) is 14.2 Å². The monoisotopic (exact) mass is 188 g/mol. The Hall–Kier alpha value is -0.610. The zero-order chi connectivity index (χ0) is 10.1. The SMILES string of the molecule is COC(OC)OC(=O)C1CC1(C)C. The van der Waals surface area contributed by atoms with Gasteiger partial charge in [0.25, 0.3) is 0 Å². The first kappa shape index (κ1) is 10.5. The lowest BCUT2D eigenvalue weighted by Gasteiger charge is -2.14. The Morgan fingerprint density at radius 2 is 1.85 bits per heavy atom. The van der Waals surface area contributed by atoms with Crippen molar-refractivity contribution >= 4 is 5.97 Å². The lowest BCUT2D eigenvalue weighted by atomic mass is 10.1. The van der Waals surface area contributed by atoms with Gasteiger partial charge in [-0.15, -0.1) is 0 Å². The highest BCUT2D eigenvalue weighted by Gasteiger charge is 2.52. The average Bonchev–Trinajstić information content (AvgIpc) is 2.70. The summed E-state index contributed by atoms with van der Waals surface area (Å²) in [6.45, 7) is 3.20. The zero-order valence-corrected chi connectivity index (χ0v) is 8.49. The van der Waals surface area contributed by atoms with Crippen molar-refractivity contribution in [1.82, 2.24) is 0 Å². The first-order valence-corrected chi connectivity index (χ1v) is 4.27. The third-order valence-corrected chi connectivity index (χ3v) is 2.40. The number of carbonyl (C=O) groups excluding carboxylic acids is 1. The standard InChI is InChI=1S/C9H16O4/c1-9(2)5-6(9)7(10)13-8(11-3)12-4/h6,8H,5H2,1-4H3. The van der Waals surface area contributed by atoms with Gasteiger partial charge in [0, 0.05) is 14.2 Å². The second-order valence-corrected chi connectivity index (χ2v) is 3.94. The van der Waals surface area contributed by atoms with E-state index in [1.165, 1.54) is 14.2 Å². The minimum atomic E-state index is -0.871. The first-order valence-electron chi connectivity index (χ1n) is 4.27. The number of hydrogen-bond acceptors (Lipinski definition) is 4. The summed E-state index contributed by atoms with van der Waals surface area (Å²) in [5.41, 5.74) is 0.0864. The smallest absolute Gasteiger partial charge is 0.317 e. The Balaban J connectivity index is 2.34. The number of ether oxygens (including phenoxy) is 3. The third-order valence-electron chi connectivity index (χ3n) is 2.40. The molecule has 1 aliphatic rings. The van der Waals surface area contributed by atoms with Crippen molar-refractivity contribution in [3.05, 3.63) is 0 Å². The van der Waals surface area contributed by atoms with Gasteiger partial charge in [-0.1, -0.05) is 13.8 Å². The van der Waals surface area contributed by atoms with Gasteiger partial charge in [-0.3, -0.25) is 4.79 Å². The van der Waals surface area contributed by atoms with Gasteiger partial charge in [-0.2, -0.15) is 0 Å². The van der Waals surface area contributed by atoms with Gasteiger partial charge in [0.15, 0.2) is 0 Å². The fourth-order valence-electron chi connectivity index (χ4n) is 1.24. The van der Waals surface area contributed by atoms with Crippen molar-refractivity contribution in [2.24, 2.45) is 11.3 Å². The number of carbonyl (C=O) groups is 1. The van der Waals surface area contributed by atoms with Crippen molar-refractivity contribution in [2.75, 3.05) is 14.2 Å². The predicted octanol–water partition coefficient (Wildman–Crippen LogP) is 1.15. The summed E-state index contributed by atoms with van der Waals surface area (Å²) >= 11 is 0. The fraction of sp³-hybridized carbons (Fsp3) is 0.889. The maximum absolute atomic E-state index is 11.4. The molecule has 0 aliphatic heterocycles. The van der Waals surface area contributed by atoms with Crippen LogP contribution in [-0.4, -0.2) is 26.7 Å². The summed E-state index contributed by atoms with van der Waals surface area (Å²) in [5, 5.41) is 0. The molecule has 0 aromatic rings. The molecule has 0 saturated heterocycles. The van der Waals surface area contributed by atoms with E-state index in [1.807, 2.05) is 13.8 Å². The minimum absolute atomic E-state index is 0.000278. The predicted molar refractivity (Wildman–Crippen MR) is 45.8 cm³/mol. The highest BCUT2D eigenvalue weighted by atomic mass is 16.8. The summed E-state index contributed by atoms with van der Waals surface area (Å²) < 4.78 is 14.4. The largest absolute Gasteiger partial charge is 0.410 e. The number of esters is 1. The van der Waals surface area contributed by atoms with Crippen LogP contribution in [0.1, 0.15) is 20.3 Å². The molecular formula is C9H16O4. The van der Waals surface area contributed by atoms with Crippen LogP contribution in [-0.2, 0) is 19.0 Å². The Kier molecular flexibility index (Phi) is 2.93. The third kappa shape index (κ3) is 2.42. The van der Waals surface area contributed by atoms with Crippen LogP contribution in [0.5, 0.6) is 0 Å². The summed E-state index contributed by atoms with van der Waals surface area (Å²) in [6.07, 6.45) is 0.881. The van der Waals surface area contributed by atoms with Crippen LogP contribution >= 0.6 is 0 Å². The van der Waals surface area contributed by atoms with E-state index >= 15 is 0 Å². The van der Waals surface area contributed by atoms with Crippen molar-refractivity contribution in [2.45, 2.75) is 26.7 Å². The maximum atomic E-state index is 11.4. The summed E-state index contributed by atoms with van der Waals surface area (Å²) in [4.78, 5) is 11.4. The molecule has 1 rings (SSSR count). The Morgan fingerprint density at radius 3 is 2.15 bits per heavy atom. The van der Waals surface area contributed by atoms with Crippen LogP contribution in [0.25, 0.3) is 0 Å². The van der Waals surface area contributed by atoms with Crippen LogP contribution in [0.3, 0.4) is 0 Å². The highest BCUT2D eigenvalue weighted by molar-refractivity contribution is 5.76. The molecule has 76 valence electrons. The van der Waals surface area contributed by atoms with Gasteiger partial charge < -0.3 is 14.2 Å². The molecule has 0 aromatic heterocycles. The molecule has 1 saturated carbocycles. The van der Waals surface area contributed by atoms with E-state index < -0.39 is 6.48 Å². The molecule has 0 radical (unpaired) electrons. The number of rotatable bonds is 4. The molecule has 0 N–H and O–H groups in total. The Morgan fingerprint density at radius 1 is 1.38 bits per heavy atom. The average molecular weight is 188 g/mol. The van der Waals surface area contributed by atoms with Gasteiger partial charge in [0.05, 0.1) is 5.92 Å². The maximum Gasteiger partial charge on any atom is 0.317 e. The molecule has 0 aromatic carbocycles. The molecule has 0 amide bonds. The molecular weight excluding hydrogens is 172 g/mol. The Bertz CT molecular complexity index is 196. The molecule has 4 nitrogen and oxygen atoms in total. The second-order valence-electron chi connectivity index (χ2n) is 3.94. The Labute approximate surface area is 78.2 Å². The van der Waals surface area contributed by atoms with E-state index in [-0.39, 0.29) is 17.3 Å². The van der Waals surface area contributed by atoms with Gasteiger partial charge in [-0.05, 0) is 11.8 Å².